The molecule has 0 saturated heterocycles. The highest BCUT2D eigenvalue weighted by Gasteiger charge is 2.15. The quantitative estimate of drug-likeness (QED) is 0.598. The number of Topliss-reactive ketones (excluding diaryl/α,β-unsaturated/α-hetero) is 1. The van der Waals surface area contributed by atoms with Crippen molar-refractivity contribution in [2.24, 2.45) is 0 Å². The van der Waals surface area contributed by atoms with Crippen LogP contribution in [0.4, 0.5) is 5.82 Å². The average Bonchev–Trinajstić information content (AvgIpc) is 2.06. The minimum Gasteiger partial charge on any atom is -0.369 e. The number of aromatic nitrogens is 1. The molecule has 1 aromatic heterocycles. The van der Waals surface area contributed by atoms with E-state index in [2.05, 4.69) is 10.3 Å². The third-order valence-corrected chi connectivity index (χ3v) is 1.75. The molecule has 1 aromatic rings. The van der Waals surface area contributed by atoms with Crippen LogP contribution < -0.4 is 5.32 Å². The first-order valence-electron chi connectivity index (χ1n) is 3.60. The van der Waals surface area contributed by atoms with Crippen molar-refractivity contribution < 1.29 is 4.79 Å². The van der Waals surface area contributed by atoms with Crippen LogP contribution >= 0.6 is 0 Å². The van der Waals surface area contributed by atoms with Crippen molar-refractivity contribution in [1.82, 2.24) is 4.98 Å². The average molecular weight is 148 g/mol. The number of hydrogen-bond acceptors (Lipinski definition) is 3. The number of rotatable bonds is 0. The molecular formula is C8H8N2O. The maximum atomic E-state index is 11.2. The zero-order valence-corrected chi connectivity index (χ0v) is 6.00. The lowest BCUT2D eigenvalue weighted by molar-refractivity contribution is 0.0983. The maximum Gasteiger partial charge on any atom is 0.168 e. The van der Waals surface area contributed by atoms with E-state index in [1.165, 1.54) is 0 Å². The second-order valence-electron chi connectivity index (χ2n) is 2.50. The molecule has 1 aliphatic rings. The molecule has 0 aromatic carbocycles. The Labute approximate surface area is 64.5 Å². The Balaban J connectivity index is 2.52. The van der Waals surface area contributed by atoms with Gasteiger partial charge in [-0.15, -0.1) is 0 Å². The first kappa shape index (κ1) is 6.34. The number of hydrogen-bond donors (Lipinski definition) is 1. The van der Waals surface area contributed by atoms with Crippen molar-refractivity contribution in [1.29, 1.82) is 0 Å². The highest BCUT2D eigenvalue weighted by Crippen LogP contribution is 2.17. The van der Waals surface area contributed by atoms with Gasteiger partial charge in [-0.25, -0.2) is 4.98 Å². The van der Waals surface area contributed by atoms with Crippen LogP contribution in [0.1, 0.15) is 16.8 Å². The smallest absolute Gasteiger partial charge is 0.168 e. The van der Waals surface area contributed by atoms with Gasteiger partial charge in [-0.05, 0) is 12.1 Å². The normalized spacial score (nSPS) is 15.5. The van der Waals surface area contributed by atoms with E-state index in [4.69, 9.17) is 0 Å². The fourth-order valence-corrected chi connectivity index (χ4v) is 1.20. The van der Waals surface area contributed by atoms with E-state index in [0.717, 1.165) is 11.4 Å². The van der Waals surface area contributed by atoms with Crippen LogP contribution in [-0.4, -0.2) is 17.3 Å². The number of carbonyl (C=O) groups is 1. The zero-order valence-electron chi connectivity index (χ0n) is 6.00. The van der Waals surface area contributed by atoms with Gasteiger partial charge in [0, 0.05) is 19.2 Å². The lowest BCUT2D eigenvalue weighted by atomic mass is 10.1. The first-order valence-corrected chi connectivity index (χ1v) is 3.60. The fraction of sp³-hybridized carbons (Fsp3) is 0.250. The Hall–Kier alpha value is -1.38. The van der Waals surface area contributed by atoms with Crippen molar-refractivity contribution >= 4 is 11.6 Å². The third kappa shape index (κ3) is 0.981. The summed E-state index contributed by atoms with van der Waals surface area (Å²) < 4.78 is 0. The molecule has 11 heavy (non-hydrogen) atoms. The van der Waals surface area contributed by atoms with Gasteiger partial charge in [-0.2, -0.15) is 0 Å². The number of pyridine rings is 1. The second kappa shape index (κ2) is 2.34. The first-order chi connectivity index (χ1) is 5.38. The molecule has 0 spiro atoms. The fourth-order valence-electron chi connectivity index (χ4n) is 1.20. The molecule has 0 radical (unpaired) electrons. The minimum atomic E-state index is 0.187. The van der Waals surface area contributed by atoms with E-state index >= 15 is 0 Å². The van der Waals surface area contributed by atoms with Gasteiger partial charge in [0.25, 0.3) is 0 Å². The summed E-state index contributed by atoms with van der Waals surface area (Å²) in [7, 11) is 0. The monoisotopic (exact) mass is 148 g/mol. The van der Waals surface area contributed by atoms with E-state index in [9.17, 15) is 4.79 Å². The molecule has 0 bridgehead atoms. The number of fused-ring (bicyclic) bond motifs is 1. The topological polar surface area (TPSA) is 42.0 Å². The van der Waals surface area contributed by atoms with Crippen molar-refractivity contribution in [3.8, 4) is 0 Å². The predicted octanol–water partition coefficient (Wildman–Crippen LogP) is 1.08. The van der Waals surface area contributed by atoms with Gasteiger partial charge in [0.15, 0.2) is 5.78 Å². The number of nitrogens with zero attached hydrogens (tertiary/aromatic N) is 1. The Bertz CT molecular complexity index is 296. The largest absolute Gasteiger partial charge is 0.369 e. The van der Waals surface area contributed by atoms with Crippen LogP contribution in [0.3, 0.4) is 0 Å². The van der Waals surface area contributed by atoms with Crippen molar-refractivity contribution in [3.05, 3.63) is 23.9 Å². The summed E-state index contributed by atoms with van der Waals surface area (Å²) in [5.74, 6) is 0.913. The summed E-state index contributed by atoms with van der Waals surface area (Å²) in [5, 5.41) is 3.06. The molecule has 2 heterocycles. The molecule has 0 atom stereocenters. The molecule has 56 valence electrons. The van der Waals surface area contributed by atoms with Crippen LogP contribution in [0.15, 0.2) is 18.3 Å². The summed E-state index contributed by atoms with van der Waals surface area (Å²) in [6.07, 6.45) is 2.27. The van der Waals surface area contributed by atoms with Crippen LogP contribution in [0.5, 0.6) is 0 Å². The Morgan fingerprint density at radius 1 is 1.55 bits per heavy atom. The number of carbonyl (C=O) groups excluding carboxylic acids is 1. The number of anilines is 1. The van der Waals surface area contributed by atoms with Gasteiger partial charge < -0.3 is 5.32 Å². The molecule has 0 amide bonds. The van der Waals surface area contributed by atoms with E-state index in [1.807, 2.05) is 0 Å². The molecule has 0 saturated carbocycles. The molecule has 3 nitrogen and oxygen atoms in total. The van der Waals surface area contributed by atoms with Crippen molar-refractivity contribution in [3.63, 3.8) is 0 Å². The maximum absolute atomic E-state index is 11.2. The van der Waals surface area contributed by atoms with Crippen molar-refractivity contribution in [2.75, 3.05) is 11.9 Å². The van der Waals surface area contributed by atoms with E-state index in [-0.39, 0.29) is 5.78 Å². The van der Waals surface area contributed by atoms with Gasteiger partial charge in [0.1, 0.15) is 5.82 Å². The summed E-state index contributed by atoms with van der Waals surface area (Å²) in [6, 6.07) is 3.58. The van der Waals surface area contributed by atoms with Gasteiger partial charge in [-0.1, -0.05) is 0 Å². The van der Waals surface area contributed by atoms with E-state index in [1.54, 1.807) is 18.3 Å². The minimum absolute atomic E-state index is 0.187. The second-order valence-corrected chi connectivity index (χ2v) is 2.50. The highest BCUT2D eigenvalue weighted by molar-refractivity contribution is 6.01. The summed E-state index contributed by atoms with van der Waals surface area (Å²) >= 11 is 0. The van der Waals surface area contributed by atoms with E-state index < -0.39 is 0 Å². The highest BCUT2D eigenvalue weighted by atomic mass is 16.1. The van der Waals surface area contributed by atoms with Gasteiger partial charge in [0.2, 0.25) is 0 Å². The number of ketones is 1. The Morgan fingerprint density at radius 3 is 3.27 bits per heavy atom. The van der Waals surface area contributed by atoms with Crippen LogP contribution in [0.25, 0.3) is 0 Å². The third-order valence-electron chi connectivity index (χ3n) is 1.75. The van der Waals surface area contributed by atoms with E-state index in [0.29, 0.717) is 13.0 Å². The lowest BCUT2D eigenvalue weighted by Gasteiger charge is -2.14. The van der Waals surface area contributed by atoms with Crippen LogP contribution in [0.2, 0.25) is 0 Å². The van der Waals surface area contributed by atoms with Crippen molar-refractivity contribution in [2.45, 2.75) is 6.42 Å². The molecule has 1 N–H and O–H groups in total. The molecule has 1 aliphatic heterocycles. The summed E-state index contributed by atoms with van der Waals surface area (Å²) in [6.45, 7) is 0.711. The molecule has 0 unspecified atom stereocenters. The molecule has 0 fully saturated rings. The lowest BCUT2D eigenvalue weighted by Crippen LogP contribution is -2.18. The molecular weight excluding hydrogens is 140 g/mol. The standard InChI is InChI=1S/C8H8N2O/c11-7-3-5-10-8-6(7)2-1-4-9-8/h1-2,4H,3,5H2,(H,9,10). The SMILES string of the molecule is O=C1CCNc2ncccc21. The Kier molecular flexibility index (Phi) is 1.35. The zero-order chi connectivity index (χ0) is 7.68. The number of nitrogens with one attached hydrogen (secondary N) is 1. The van der Waals surface area contributed by atoms with Gasteiger partial charge in [0.05, 0.1) is 5.56 Å². The van der Waals surface area contributed by atoms with Crippen LogP contribution in [0, 0.1) is 0 Å². The summed E-state index contributed by atoms with van der Waals surface area (Å²) in [4.78, 5) is 15.2. The predicted molar refractivity (Wildman–Crippen MR) is 41.7 cm³/mol. The van der Waals surface area contributed by atoms with Crippen LogP contribution in [-0.2, 0) is 0 Å². The molecule has 2 rings (SSSR count). The van der Waals surface area contributed by atoms with Gasteiger partial charge in [-0.3, -0.25) is 4.79 Å². The summed E-state index contributed by atoms with van der Waals surface area (Å²) in [5.41, 5.74) is 0.721. The molecule has 3 heteroatoms. The van der Waals surface area contributed by atoms with Gasteiger partial charge >= 0.3 is 0 Å². The Morgan fingerprint density at radius 2 is 2.45 bits per heavy atom. The molecule has 0 aliphatic carbocycles.